The number of nitrogens with one attached hydrogen (secondary N) is 1. The number of pyridine rings is 1. The van der Waals surface area contributed by atoms with Gasteiger partial charge in [-0.1, -0.05) is 18.2 Å². The van der Waals surface area contributed by atoms with Gasteiger partial charge in [-0.25, -0.2) is 0 Å². The maximum absolute atomic E-state index is 12.0. The predicted octanol–water partition coefficient (Wildman–Crippen LogP) is 1.79. The second-order valence-corrected chi connectivity index (χ2v) is 4.18. The van der Waals surface area contributed by atoms with Gasteiger partial charge in [0, 0.05) is 19.1 Å². The van der Waals surface area contributed by atoms with Crippen molar-refractivity contribution in [3.8, 4) is 6.07 Å². The average Bonchev–Trinajstić information content (AvgIpc) is 2.42. The van der Waals surface area contributed by atoms with Crippen LogP contribution in [-0.2, 0) is 11.3 Å². The Morgan fingerprint density at radius 3 is 2.74 bits per heavy atom. The first-order valence-electron chi connectivity index (χ1n) is 5.95. The molecule has 0 aliphatic carbocycles. The van der Waals surface area contributed by atoms with E-state index in [1.54, 1.807) is 24.3 Å². The molecule has 19 heavy (non-hydrogen) atoms. The number of nitrogens with zero attached hydrogens (tertiary/aromatic N) is 2. The fourth-order valence-corrected chi connectivity index (χ4v) is 1.77. The molecule has 0 aliphatic rings. The van der Waals surface area contributed by atoms with Crippen molar-refractivity contribution in [3.05, 3.63) is 59.9 Å². The molecule has 0 aliphatic heterocycles. The van der Waals surface area contributed by atoms with Crippen molar-refractivity contribution < 1.29 is 9.36 Å². The Kier molecular flexibility index (Phi) is 3.89. The van der Waals surface area contributed by atoms with Crippen LogP contribution >= 0.6 is 0 Å². The number of benzene rings is 1. The highest BCUT2D eigenvalue weighted by Gasteiger charge is 2.13. The lowest BCUT2D eigenvalue weighted by Crippen LogP contribution is -2.42. The number of anilines is 1. The van der Waals surface area contributed by atoms with Crippen LogP contribution in [0, 0.1) is 18.3 Å². The second kappa shape index (κ2) is 5.78. The summed E-state index contributed by atoms with van der Waals surface area (Å²) in [6.07, 6.45) is 1.85. The molecule has 4 heteroatoms. The highest BCUT2D eigenvalue weighted by atomic mass is 16.1. The van der Waals surface area contributed by atoms with Crippen molar-refractivity contribution in [3.63, 3.8) is 0 Å². The first kappa shape index (κ1) is 12.8. The molecule has 1 aromatic carbocycles. The number of aromatic nitrogens is 1. The van der Waals surface area contributed by atoms with E-state index in [2.05, 4.69) is 11.4 Å². The minimum atomic E-state index is -0.151. The van der Waals surface area contributed by atoms with Crippen LogP contribution in [0.3, 0.4) is 0 Å². The van der Waals surface area contributed by atoms with Gasteiger partial charge in [0.25, 0.3) is 5.91 Å². The van der Waals surface area contributed by atoms with E-state index in [1.807, 2.05) is 35.9 Å². The number of hydrogen-bond acceptors (Lipinski definition) is 2. The molecule has 0 saturated carbocycles. The van der Waals surface area contributed by atoms with Crippen LogP contribution in [0.1, 0.15) is 11.3 Å². The van der Waals surface area contributed by atoms with Gasteiger partial charge in [-0.3, -0.25) is 4.79 Å². The first-order chi connectivity index (χ1) is 9.20. The SMILES string of the molecule is Cc1cccc[n+]1CC(=O)Nc1ccccc1C#N. The molecule has 0 spiro atoms. The van der Waals surface area contributed by atoms with E-state index < -0.39 is 0 Å². The zero-order valence-corrected chi connectivity index (χ0v) is 10.6. The average molecular weight is 252 g/mol. The van der Waals surface area contributed by atoms with Gasteiger partial charge in [0.1, 0.15) is 6.07 Å². The summed E-state index contributed by atoms with van der Waals surface area (Å²) in [5, 5.41) is 11.7. The van der Waals surface area contributed by atoms with Crippen LogP contribution in [0.15, 0.2) is 48.7 Å². The molecule has 0 atom stereocenters. The van der Waals surface area contributed by atoms with Crippen molar-refractivity contribution in [2.24, 2.45) is 0 Å². The molecular weight excluding hydrogens is 238 g/mol. The van der Waals surface area contributed by atoms with E-state index >= 15 is 0 Å². The standard InChI is InChI=1S/C15H13N3O/c1-12-6-4-5-9-18(12)11-15(19)17-14-8-3-2-7-13(14)10-16/h2-9H,11H2,1H3/p+1. The number of para-hydroxylation sites is 1. The van der Waals surface area contributed by atoms with Gasteiger partial charge in [-0.15, -0.1) is 0 Å². The molecule has 1 aromatic heterocycles. The third-order valence-electron chi connectivity index (χ3n) is 2.80. The summed E-state index contributed by atoms with van der Waals surface area (Å²) in [6.45, 7) is 2.17. The number of carbonyl (C=O) groups excluding carboxylic acids is 1. The molecule has 4 nitrogen and oxygen atoms in total. The van der Waals surface area contributed by atoms with Crippen LogP contribution in [0.25, 0.3) is 0 Å². The van der Waals surface area contributed by atoms with Crippen LogP contribution in [0.5, 0.6) is 0 Å². The van der Waals surface area contributed by atoms with Gasteiger partial charge in [0.2, 0.25) is 6.54 Å². The Morgan fingerprint density at radius 1 is 1.26 bits per heavy atom. The summed E-state index contributed by atoms with van der Waals surface area (Å²) in [6, 6.07) is 14.8. The van der Waals surface area contributed by atoms with Crippen molar-refractivity contribution >= 4 is 11.6 Å². The number of carbonyl (C=O) groups is 1. The topological polar surface area (TPSA) is 56.8 Å². The number of rotatable bonds is 3. The highest BCUT2D eigenvalue weighted by molar-refractivity contribution is 5.91. The van der Waals surface area contributed by atoms with Crippen molar-refractivity contribution in [2.45, 2.75) is 13.5 Å². The Balaban J connectivity index is 2.11. The Labute approximate surface area is 111 Å². The fourth-order valence-electron chi connectivity index (χ4n) is 1.77. The quantitative estimate of drug-likeness (QED) is 0.847. The Morgan fingerprint density at radius 2 is 2.00 bits per heavy atom. The third kappa shape index (κ3) is 3.17. The van der Waals surface area contributed by atoms with Crippen molar-refractivity contribution in [1.82, 2.24) is 0 Å². The molecule has 2 aromatic rings. The maximum atomic E-state index is 12.0. The van der Waals surface area contributed by atoms with Gasteiger partial charge in [0.05, 0.1) is 11.3 Å². The van der Waals surface area contributed by atoms with E-state index in [4.69, 9.17) is 5.26 Å². The van der Waals surface area contributed by atoms with E-state index in [0.717, 1.165) is 5.69 Å². The van der Waals surface area contributed by atoms with Crippen molar-refractivity contribution in [2.75, 3.05) is 5.32 Å². The van der Waals surface area contributed by atoms with Gasteiger partial charge < -0.3 is 5.32 Å². The summed E-state index contributed by atoms with van der Waals surface area (Å²) >= 11 is 0. The minimum Gasteiger partial charge on any atom is -0.319 e. The number of hydrogen-bond donors (Lipinski definition) is 1. The lowest BCUT2D eigenvalue weighted by Gasteiger charge is -2.05. The van der Waals surface area contributed by atoms with Crippen molar-refractivity contribution in [1.29, 1.82) is 5.26 Å². The Hall–Kier alpha value is -2.67. The van der Waals surface area contributed by atoms with Gasteiger partial charge in [0.15, 0.2) is 11.9 Å². The molecule has 0 saturated heterocycles. The summed E-state index contributed by atoms with van der Waals surface area (Å²) in [7, 11) is 0. The molecule has 0 radical (unpaired) electrons. The molecule has 0 bridgehead atoms. The molecule has 2 rings (SSSR count). The zero-order chi connectivity index (χ0) is 13.7. The van der Waals surface area contributed by atoms with Crippen LogP contribution in [0.2, 0.25) is 0 Å². The third-order valence-corrected chi connectivity index (χ3v) is 2.80. The normalized spacial score (nSPS) is 9.68. The molecule has 1 heterocycles. The largest absolute Gasteiger partial charge is 0.319 e. The molecule has 94 valence electrons. The summed E-state index contributed by atoms with van der Waals surface area (Å²) in [4.78, 5) is 12.0. The monoisotopic (exact) mass is 252 g/mol. The second-order valence-electron chi connectivity index (χ2n) is 4.18. The van der Waals surface area contributed by atoms with E-state index in [-0.39, 0.29) is 12.5 Å². The van der Waals surface area contributed by atoms with Gasteiger partial charge >= 0.3 is 0 Å². The van der Waals surface area contributed by atoms with Crippen LogP contribution in [-0.4, -0.2) is 5.91 Å². The number of aryl methyl sites for hydroxylation is 1. The summed E-state index contributed by atoms with van der Waals surface area (Å²) in [5.74, 6) is -0.151. The Bertz CT molecular complexity index is 644. The lowest BCUT2D eigenvalue weighted by atomic mass is 10.2. The molecule has 1 N–H and O–H groups in total. The molecule has 0 fully saturated rings. The minimum absolute atomic E-state index is 0.151. The fraction of sp³-hybridized carbons (Fsp3) is 0.133. The molecular formula is C15H14N3O+. The van der Waals surface area contributed by atoms with Crippen LogP contribution < -0.4 is 9.88 Å². The summed E-state index contributed by atoms with van der Waals surface area (Å²) in [5.41, 5.74) is 2.01. The highest BCUT2D eigenvalue weighted by Crippen LogP contribution is 2.13. The van der Waals surface area contributed by atoms with E-state index in [1.165, 1.54) is 0 Å². The van der Waals surface area contributed by atoms with E-state index in [9.17, 15) is 4.79 Å². The lowest BCUT2D eigenvalue weighted by molar-refractivity contribution is -0.690. The van der Waals surface area contributed by atoms with Crippen LogP contribution in [0.4, 0.5) is 5.69 Å². The smallest absolute Gasteiger partial charge is 0.290 e. The summed E-state index contributed by atoms with van der Waals surface area (Å²) < 4.78 is 1.85. The van der Waals surface area contributed by atoms with Gasteiger partial charge in [-0.05, 0) is 12.1 Å². The number of nitriles is 1. The van der Waals surface area contributed by atoms with E-state index in [0.29, 0.717) is 11.3 Å². The predicted molar refractivity (Wildman–Crippen MR) is 71.2 cm³/mol. The first-order valence-corrected chi connectivity index (χ1v) is 5.95. The number of amides is 1. The van der Waals surface area contributed by atoms with Gasteiger partial charge in [-0.2, -0.15) is 9.83 Å². The maximum Gasteiger partial charge on any atom is 0.290 e. The molecule has 1 amide bonds. The zero-order valence-electron chi connectivity index (χ0n) is 10.6. The molecule has 0 unspecified atom stereocenters.